The Bertz CT molecular complexity index is 1790. The molecule has 13 heteroatoms. The van der Waals surface area contributed by atoms with E-state index in [1.54, 1.807) is 35.7 Å². The number of rotatable bonds is 5. The number of carbonyl (C=O) groups excluding carboxylic acids is 2. The smallest absolute Gasteiger partial charge is 0.336 e. The average Bonchev–Trinajstić information content (AvgIpc) is 3.70. The number of aliphatic hydroxyl groups excluding tert-OH is 1. The van der Waals surface area contributed by atoms with Crippen molar-refractivity contribution in [2.75, 3.05) is 26.7 Å². The van der Waals surface area contributed by atoms with Gasteiger partial charge in [0, 0.05) is 35.1 Å². The van der Waals surface area contributed by atoms with Crippen LogP contribution in [0.25, 0.3) is 32.9 Å². The molecule has 218 valence electrons. The molecule has 1 fully saturated rings. The summed E-state index contributed by atoms with van der Waals surface area (Å²) >= 11 is 0. The largest absolute Gasteiger partial charge is 0.394 e. The number of quaternary nitrogens is 1. The van der Waals surface area contributed by atoms with E-state index < -0.39 is 0 Å². The summed E-state index contributed by atoms with van der Waals surface area (Å²) in [6.45, 7) is 4.76. The first kappa shape index (κ1) is 27.8. The average molecular weight is 575 g/mol. The molecule has 1 amide bonds. The number of aromatic nitrogens is 7. The standard InChI is InChI=1S/C23H21FN5O2.C6H12N4O/c1-14(31)29-8-5-15(6-9-29)23-22-17(3-2-4-20(22)27(26-23)7-10-30)18-12-21-16(11-19(18)24)13-25-28(21)29;1-4-8-6(10-9-4)5(3-11)7-2/h2-4,10-13,15H,5-9H2,1H3;5,7,11H,3H2,1-2H3,(H,8,9,10)/q+1;. The molecule has 4 bridgehead atoms. The summed E-state index contributed by atoms with van der Waals surface area (Å²) in [6.07, 6.45) is 3.97. The van der Waals surface area contributed by atoms with Crippen molar-refractivity contribution < 1.29 is 19.1 Å². The van der Waals surface area contributed by atoms with Gasteiger partial charge in [0.15, 0.2) is 5.82 Å². The molecular weight excluding hydrogens is 541 g/mol. The number of carbonyl (C=O) groups is 2. The molecule has 6 heterocycles. The fourth-order valence-electron chi connectivity index (χ4n) is 6.25. The monoisotopic (exact) mass is 574 g/mol. The van der Waals surface area contributed by atoms with E-state index in [9.17, 15) is 9.59 Å². The Hall–Kier alpha value is -4.33. The third kappa shape index (κ3) is 4.40. The van der Waals surface area contributed by atoms with Crippen molar-refractivity contribution in [3.63, 3.8) is 0 Å². The Morgan fingerprint density at radius 1 is 1.26 bits per heavy atom. The van der Waals surface area contributed by atoms with Crippen LogP contribution in [-0.2, 0) is 16.1 Å². The number of aryl methyl sites for hydroxylation is 1. The molecule has 1 saturated heterocycles. The van der Waals surface area contributed by atoms with Crippen molar-refractivity contribution in [1.29, 1.82) is 0 Å². The van der Waals surface area contributed by atoms with Gasteiger partial charge in [0.25, 0.3) is 0 Å². The van der Waals surface area contributed by atoms with E-state index in [1.807, 2.05) is 25.1 Å². The van der Waals surface area contributed by atoms with E-state index in [2.05, 4.69) is 25.6 Å². The van der Waals surface area contributed by atoms with E-state index in [4.69, 9.17) is 10.2 Å². The molecule has 5 aromatic rings. The van der Waals surface area contributed by atoms with Gasteiger partial charge >= 0.3 is 5.91 Å². The molecule has 3 aliphatic rings. The highest BCUT2D eigenvalue weighted by atomic mass is 19.1. The summed E-state index contributed by atoms with van der Waals surface area (Å²) in [6, 6.07) is 8.83. The van der Waals surface area contributed by atoms with Crippen LogP contribution in [0.5, 0.6) is 0 Å². The van der Waals surface area contributed by atoms with Crippen LogP contribution in [0.1, 0.15) is 49.1 Å². The fourth-order valence-corrected chi connectivity index (χ4v) is 6.25. The van der Waals surface area contributed by atoms with E-state index in [0.717, 1.165) is 52.6 Å². The first-order chi connectivity index (χ1) is 20.3. The number of H-pyrrole nitrogens is 1. The molecule has 0 radical (unpaired) electrons. The van der Waals surface area contributed by atoms with E-state index in [-0.39, 0.29) is 41.4 Å². The molecule has 3 aliphatic heterocycles. The number of aldehydes is 1. The highest BCUT2D eigenvalue weighted by Crippen LogP contribution is 2.42. The molecule has 0 aliphatic carbocycles. The highest BCUT2D eigenvalue weighted by molar-refractivity contribution is 6.00. The number of halogens is 1. The van der Waals surface area contributed by atoms with Crippen LogP contribution in [0.4, 0.5) is 4.39 Å². The Morgan fingerprint density at radius 3 is 2.69 bits per heavy atom. The summed E-state index contributed by atoms with van der Waals surface area (Å²) in [5, 5.41) is 29.2. The first-order valence-electron chi connectivity index (χ1n) is 14.0. The van der Waals surface area contributed by atoms with Gasteiger partial charge in [-0.2, -0.15) is 10.2 Å². The predicted octanol–water partition coefficient (Wildman–Crippen LogP) is 2.63. The van der Waals surface area contributed by atoms with Crippen LogP contribution in [0.15, 0.2) is 36.5 Å². The second-order valence-electron chi connectivity index (χ2n) is 10.8. The topological polar surface area (TPSA) is 144 Å². The van der Waals surface area contributed by atoms with Gasteiger partial charge in [0.05, 0.1) is 43.5 Å². The molecule has 8 rings (SSSR count). The van der Waals surface area contributed by atoms with Gasteiger partial charge in [0.1, 0.15) is 36.5 Å². The maximum Gasteiger partial charge on any atom is 0.336 e. The number of hydrogen-bond donors (Lipinski definition) is 3. The molecule has 3 aromatic heterocycles. The number of aromatic amines is 1. The normalized spacial score (nSPS) is 19.9. The van der Waals surface area contributed by atoms with Crippen LogP contribution in [0.2, 0.25) is 0 Å². The van der Waals surface area contributed by atoms with Crippen LogP contribution in [0, 0.1) is 12.7 Å². The Labute approximate surface area is 240 Å². The lowest BCUT2D eigenvalue weighted by Crippen LogP contribution is -2.65. The second-order valence-corrected chi connectivity index (χ2v) is 10.8. The number of nitrogens with one attached hydrogen (secondary N) is 2. The number of amides is 1. The van der Waals surface area contributed by atoms with Crippen molar-refractivity contribution in [2.24, 2.45) is 0 Å². The molecule has 3 N–H and O–H groups in total. The van der Waals surface area contributed by atoms with Crippen LogP contribution in [0.3, 0.4) is 0 Å². The zero-order chi connectivity index (χ0) is 29.6. The molecule has 0 saturated carbocycles. The SMILES string of the molecule is CC(=O)[N+]12CCC(CC1)c1nn(CC=O)c3cccc(c13)-c1cc3c(cnn32)cc1F.CNC(CO)c1n[nH]c(C)n1. The van der Waals surface area contributed by atoms with Gasteiger partial charge < -0.3 is 15.2 Å². The molecule has 12 nitrogen and oxygen atoms in total. The van der Waals surface area contributed by atoms with Gasteiger partial charge in [0.2, 0.25) is 0 Å². The Morgan fingerprint density at radius 2 is 2.05 bits per heavy atom. The number of nitrogens with zero attached hydrogens (tertiary/aromatic N) is 7. The molecule has 1 unspecified atom stereocenters. The van der Waals surface area contributed by atoms with Gasteiger partial charge in [-0.1, -0.05) is 16.9 Å². The zero-order valence-electron chi connectivity index (χ0n) is 23.7. The van der Waals surface area contributed by atoms with Gasteiger partial charge in [-0.15, -0.1) is 9.69 Å². The third-order valence-corrected chi connectivity index (χ3v) is 8.47. The van der Waals surface area contributed by atoms with Crippen molar-refractivity contribution in [3.8, 4) is 11.1 Å². The van der Waals surface area contributed by atoms with Crippen LogP contribution in [-0.4, -0.2) is 78.9 Å². The zero-order valence-corrected chi connectivity index (χ0v) is 23.7. The number of aliphatic hydroxyl groups is 1. The number of piperidine rings is 1. The lowest BCUT2D eigenvalue weighted by atomic mass is 9.88. The summed E-state index contributed by atoms with van der Waals surface area (Å²) in [5.41, 5.74) is 3.66. The molecule has 42 heavy (non-hydrogen) atoms. The lowest BCUT2D eigenvalue weighted by Gasteiger charge is -2.39. The van der Waals surface area contributed by atoms with Crippen molar-refractivity contribution in [3.05, 3.63) is 59.7 Å². The van der Waals surface area contributed by atoms with Gasteiger partial charge in [-0.3, -0.25) is 9.78 Å². The van der Waals surface area contributed by atoms with Crippen LogP contribution < -0.4 is 9.91 Å². The maximum atomic E-state index is 15.3. The summed E-state index contributed by atoms with van der Waals surface area (Å²) in [7, 11) is 1.76. The van der Waals surface area contributed by atoms with E-state index >= 15 is 4.39 Å². The number of likely N-dealkylation sites (N-methyl/N-ethyl adjacent to an activating group) is 1. The first-order valence-corrected chi connectivity index (χ1v) is 14.0. The highest BCUT2D eigenvalue weighted by Gasteiger charge is 2.44. The number of hydrogen-bond acceptors (Lipinski definition) is 8. The summed E-state index contributed by atoms with van der Waals surface area (Å²) in [5.74, 6) is 1.15. The van der Waals surface area contributed by atoms with Crippen LogP contribution >= 0.6 is 0 Å². The predicted molar refractivity (Wildman–Crippen MR) is 154 cm³/mol. The summed E-state index contributed by atoms with van der Waals surface area (Å²) < 4.78 is 17.1. The minimum Gasteiger partial charge on any atom is -0.394 e. The van der Waals surface area contributed by atoms with E-state index in [1.165, 1.54) is 6.07 Å². The second kappa shape index (κ2) is 10.8. The molecule has 1 atom stereocenters. The molecular formula is C29H33FN9O3+. The van der Waals surface area contributed by atoms with Crippen molar-refractivity contribution in [1.82, 2.24) is 44.8 Å². The maximum absolute atomic E-state index is 15.3. The quantitative estimate of drug-likeness (QED) is 0.215. The van der Waals surface area contributed by atoms with Gasteiger partial charge in [-0.25, -0.2) is 14.2 Å². The summed E-state index contributed by atoms with van der Waals surface area (Å²) in [4.78, 5) is 30.0. The minimum atomic E-state index is -0.343. The number of benzene rings is 2. The Balaban J connectivity index is 0.000000244. The fraction of sp³-hybridized carbons (Fsp3) is 0.379. The van der Waals surface area contributed by atoms with Crippen molar-refractivity contribution >= 4 is 34.0 Å². The lowest BCUT2D eigenvalue weighted by molar-refractivity contribution is -0.137. The minimum absolute atomic E-state index is 0.00773. The Kier molecular flexibility index (Phi) is 7.17. The third-order valence-electron chi connectivity index (χ3n) is 8.47. The van der Waals surface area contributed by atoms with Crippen molar-refractivity contribution in [2.45, 2.75) is 45.2 Å². The number of fused-ring (bicyclic) bond motifs is 2. The van der Waals surface area contributed by atoms with Gasteiger partial charge in [-0.05, 0) is 37.7 Å². The molecule has 2 aromatic carbocycles. The molecule has 0 spiro atoms. The van der Waals surface area contributed by atoms with E-state index in [0.29, 0.717) is 29.9 Å².